The van der Waals surface area contributed by atoms with E-state index in [-0.39, 0.29) is 11.7 Å². The Balaban J connectivity index is 0.000000380. The first-order valence-corrected chi connectivity index (χ1v) is 8.86. The number of rotatable bonds is 5. The number of carboxylic acid groups (broad SMARTS) is 2. The van der Waals surface area contributed by atoms with Gasteiger partial charge in [0.15, 0.2) is 0 Å². The van der Waals surface area contributed by atoms with Crippen LogP contribution < -0.4 is 5.32 Å². The van der Waals surface area contributed by atoms with Crippen molar-refractivity contribution in [1.82, 2.24) is 5.32 Å². The molecule has 0 aliphatic carbocycles. The van der Waals surface area contributed by atoms with E-state index in [9.17, 15) is 0 Å². The molecule has 0 radical (unpaired) electrons. The smallest absolute Gasteiger partial charge is 0.414 e. The van der Waals surface area contributed by atoms with E-state index in [2.05, 4.69) is 66.8 Å². The van der Waals surface area contributed by atoms with E-state index in [1.165, 1.54) is 16.7 Å². The molecule has 0 fully saturated rings. The van der Waals surface area contributed by atoms with Crippen molar-refractivity contribution in [2.24, 2.45) is 0 Å². The lowest BCUT2D eigenvalue weighted by molar-refractivity contribution is -0.159. The Labute approximate surface area is 158 Å². The molecule has 2 aromatic rings. The van der Waals surface area contributed by atoms with E-state index in [0.29, 0.717) is 0 Å². The fraction of sp³-hybridized carbons (Fsp3) is 0.333. The molecule has 1 aliphatic rings. The fourth-order valence-corrected chi connectivity index (χ4v) is 3.43. The molecule has 1 heterocycles. The quantitative estimate of drug-likeness (QED) is 0.552. The van der Waals surface area contributed by atoms with Crippen molar-refractivity contribution >= 4 is 11.9 Å². The molecule has 6 nitrogen and oxygen atoms in total. The summed E-state index contributed by atoms with van der Waals surface area (Å²) in [6.07, 6.45) is 2.24. The molecule has 3 N–H and O–H groups in total. The number of hydrogen-bond acceptors (Lipinski definition) is 4. The number of fused-ring (bicyclic) bond motifs is 1. The number of benzene rings is 2. The van der Waals surface area contributed by atoms with Crippen molar-refractivity contribution in [1.29, 1.82) is 0 Å². The zero-order valence-corrected chi connectivity index (χ0v) is 15.5. The van der Waals surface area contributed by atoms with Crippen LogP contribution in [0.3, 0.4) is 0 Å². The second kappa shape index (κ2) is 9.30. The molecule has 1 aliphatic heterocycles. The van der Waals surface area contributed by atoms with Gasteiger partial charge in [-0.1, -0.05) is 54.6 Å². The zero-order valence-electron chi connectivity index (χ0n) is 15.5. The fourth-order valence-electron chi connectivity index (χ4n) is 3.43. The van der Waals surface area contributed by atoms with Gasteiger partial charge in [0.25, 0.3) is 0 Å². The highest BCUT2D eigenvalue weighted by atomic mass is 16.5. The average Bonchev–Trinajstić information content (AvgIpc) is 2.97. The Bertz CT molecular complexity index is 765. The van der Waals surface area contributed by atoms with Crippen LogP contribution in [-0.2, 0) is 19.9 Å². The van der Waals surface area contributed by atoms with Crippen LogP contribution in [0, 0.1) is 0 Å². The topological polar surface area (TPSA) is 95.9 Å². The molecule has 3 rings (SSSR count). The number of aliphatic carboxylic acids is 2. The molecule has 27 heavy (non-hydrogen) atoms. The van der Waals surface area contributed by atoms with Gasteiger partial charge in [-0.15, -0.1) is 0 Å². The van der Waals surface area contributed by atoms with Gasteiger partial charge in [0.2, 0.25) is 0 Å². The third kappa shape index (κ3) is 4.72. The summed E-state index contributed by atoms with van der Waals surface area (Å²) in [4.78, 5) is 18.2. The van der Waals surface area contributed by atoms with Gasteiger partial charge in [0, 0.05) is 0 Å². The van der Waals surface area contributed by atoms with Gasteiger partial charge in [-0.3, -0.25) is 0 Å². The molecular formula is C21H25NO5. The van der Waals surface area contributed by atoms with Crippen molar-refractivity contribution in [3.8, 4) is 0 Å². The van der Waals surface area contributed by atoms with Gasteiger partial charge in [0.05, 0.1) is 6.10 Å². The predicted molar refractivity (Wildman–Crippen MR) is 102 cm³/mol. The van der Waals surface area contributed by atoms with Crippen LogP contribution in [0.15, 0.2) is 54.6 Å². The summed E-state index contributed by atoms with van der Waals surface area (Å²) < 4.78 is 6.52. The van der Waals surface area contributed by atoms with Gasteiger partial charge in [0.1, 0.15) is 5.60 Å². The third-order valence-corrected chi connectivity index (χ3v) is 4.59. The van der Waals surface area contributed by atoms with E-state index in [0.717, 1.165) is 19.4 Å². The lowest BCUT2D eigenvalue weighted by atomic mass is 9.82. The molecule has 2 unspecified atom stereocenters. The van der Waals surface area contributed by atoms with Crippen molar-refractivity contribution in [3.63, 3.8) is 0 Å². The highest BCUT2D eigenvalue weighted by Gasteiger charge is 2.43. The monoisotopic (exact) mass is 371 g/mol. The molecule has 0 bridgehead atoms. The summed E-state index contributed by atoms with van der Waals surface area (Å²) in [6.45, 7) is 3.16. The molecular weight excluding hydrogens is 346 g/mol. The SMILES string of the molecule is CNCCCC1(c2ccccc2)OC(C)c2ccccc21.O=C(O)C(=O)O. The minimum absolute atomic E-state index is 0.149. The molecule has 2 atom stereocenters. The maximum absolute atomic E-state index is 9.10. The summed E-state index contributed by atoms with van der Waals surface area (Å²) in [7, 11) is 2.00. The third-order valence-electron chi connectivity index (χ3n) is 4.59. The Kier molecular flexibility index (Phi) is 7.10. The number of carboxylic acids is 2. The largest absolute Gasteiger partial charge is 0.473 e. The Morgan fingerprint density at radius 1 is 1.04 bits per heavy atom. The van der Waals surface area contributed by atoms with Crippen molar-refractivity contribution < 1.29 is 24.5 Å². The molecule has 0 aromatic heterocycles. The van der Waals surface area contributed by atoms with Crippen molar-refractivity contribution in [2.45, 2.75) is 31.5 Å². The van der Waals surface area contributed by atoms with Crippen LogP contribution in [0.4, 0.5) is 0 Å². The highest BCUT2D eigenvalue weighted by molar-refractivity contribution is 6.27. The van der Waals surface area contributed by atoms with E-state index in [1.807, 2.05) is 7.05 Å². The van der Waals surface area contributed by atoms with E-state index < -0.39 is 11.9 Å². The molecule has 144 valence electrons. The molecule has 0 saturated heterocycles. The Morgan fingerprint density at radius 2 is 1.63 bits per heavy atom. The maximum atomic E-state index is 9.10. The molecule has 0 spiro atoms. The molecule has 2 aromatic carbocycles. The highest BCUT2D eigenvalue weighted by Crippen LogP contribution is 2.49. The number of nitrogens with one attached hydrogen (secondary N) is 1. The summed E-state index contributed by atoms with van der Waals surface area (Å²) in [5.74, 6) is -3.65. The van der Waals surface area contributed by atoms with Gasteiger partial charge < -0.3 is 20.3 Å². The van der Waals surface area contributed by atoms with Crippen molar-refractivity contribution in [2.75, 3.05) is 13.6 Å². The van der Waals surface area contributed by atoms with Crippen molar-refractivity contribution in [3.05, 3.63) is 71.3 Å². The van der Waals surface area contributed by atoms with Gasteiger partial charge in [-0.25, -0.2) is 9.59 Å². The summed E-state index contributed by atoms with van der Waals surface area (Å²) in [6, 6.07) is 19.3. The minimum Gasteiger partial charge on any atom is -0.473 e. The first kappa shape index (κ1) is 20.6. The lowest BCUT2D eigenvalue weighted by Gasteiger charge is -2.31. The average molecular weight is 371 g/mol. The van der Waals surface area contributed by atoms with Crippen LogP contribution >= 0.6 is 0 Å². The number of carbonyl (C=O) groups is 2. The molecule has 0 saturated carbocycles. The molecule has 6 heteroatoms. The van der Waals surface area contributed by atoms with E-state index in [1.54, 1.807) is 0 Å². The van der Waals surface area contributed by atoms with Crippen LogP contribution in [-0.4, -0.2) is 35.7 Å². The minimum atomic E-state index is -1.82. The standard InChI is InChI=1S/C19H23NO.C2H2O4/c1-15-17-11-6-7-12-18(17)19(21-15,13-8-14-20-2)16-9-4-3-5-10-16;3-1(4)2(5)6/h3-7,9-12,15,20H,8,13-14H2,1-2H3;(H,3,4)(H,5,6). The van der Waals surface area contributed by atoms with Gasteiger partial charge in [-0.2, -0.15) is 0 Å². The second-order valence-electron chi connectivity index (χ2n) is 6.36. The van der Waals surface area contributed by atoms with E-state index in [4.69, 9.17) is 24.5 Å². The number of hydrogen-bond donors (Lipinski definition) is 3. The van der Waals surface area contributed by atoms with Crippen LogP contribution in [0.2, 0.25) is 0 Å². The maximum Gasteiger partial charge on any atom is 0.414 e. The second-order valence-corrected chi connectivity index (χ2v) is 6.36. The summed E-state index contributed by atoms with van der Waals surface area (Å²) in [5, 5.41) is 18.0. The zero-order chi connectivity index (χ0) is 19.9. The normalized spacial score (nSPS) is 20.3. The Hall–Kier alpha value is -2.70. The molecule has 0 amide bonds. The van der Waals surface area contributed by atoms with Crippen LogP contribution in [0.25, 0.3) is 0 Å². The summed E-state index contributed by atoms with van der Waals surface area (Å²) >= 11 is 0. The number of ether oxygens (including phenoxy) is 1. The summed E-state index contributed by atoms with van der Waals surface area (Å²) in [5.41, 5.74) is 3.62. The Morgan fingerprint density at radius 3 is 2.22 bits per heavy atom. The first-order valence-electron chi connectivity index (χ1n) is 8.86. The van der Waals surface area contributed by atoms with E-state index >= 15 is 0 Å². The first-order chi connectivity index (χ1) is 12.9. The van der Waals surface area contributed by atoms with Gasteiger partial charge >= 0.3 is 11.9 Å². The predicted octanol–water partition coefficient (Wildman–Crippen LogP) is 3.18. The van der Waals surface area contributed by atoms with Crippen LogP contribution in [0.5, 0.6) is 0 Å². The van der Waals surface area contributed by atoms with Crippen LogP contribution in [0.1, 0.15) is 42.6 Å². The lowest BCUT2D eigenvalue weighted by Crippen LogP contribution is -2.28. The van der Waals surface area contributed by atoms with Gasteiger partial charge in [-0.05, 0) is 50.0 Å².